The van der Waals surface area contributed by atoms with Crippen molar-refractivity contribution in [2.75, 3.05) is 13.1 Å². The molecular weight excluding hydrogens is 94.1 g/mol. The Hall–Kier alpha value is -0.610. The average Bonchev–Trinajstić information content (AvgIpc) is 2.14. The summed E-state index contributed by atoms with van der Waals surface area (Å²) in [6.45, 7) is 1.53. The first-order valence-electron chi connectivity index (χ1n) is 2.10. The number of nitrogens with zero attached hydrogens (tertiary/aromatic N) is 2. The Morgan fingerprint density at radius 2 is 2.71 bits per heavy atom. The van der Waals surface area contributed by atoms with Gasteiger partial charge in [0.1, 0.15) is 6.34 Å². The second-order valence-electron chi connectivity index (χ2n) is 1.32. The molecule has 4 nitrogen and oxygen atoms in total. The van der Waals surface area contributed by atoms with Gasteiger partial charge in [-0.3, -0.25) is 15.2 Å². The van der Waals surface area contributed by atoms with Crippen LogP contribution in [0, 0.1) is 0 Å². The van der Waals surface area contributed by atoms with Crippen LogP contribution in [0.25, 0.3) is 0 Å². The summed E-state index contributed by atoms with van der Waals surface area (Å²) in [7, 11) is 0. The average molecular weight is 101 g/mol. The highest BCUT2D eigenvalue weighted by molar-refractivity contribution is 5.55. The van der Waals surface area contributed by atoms with E-state index in [-0.39, 0.29) is 0 Å². The molecule has 0 bridgehead atoms. The van der Waals surface area contributed by atoms with Gasteiger partial charge in [0.15, 0.2) is 0 Å². The van der Waals surface area contributed by atoms with E-state index in [0.717, 1.165) is 13.1 Å². The lowest BCUT2D eigenvalue weighted by Gasteiger charge is -2.06. The number of rotatable bonds is 1. The number of nitrogens with one attached hydrogen (secondary N) is 1. The molecule has 0 radical (unpaired) electrons. The van der Waals surface area contributed by atoms with Crippen LogP contribution < -0.4 is 5.59 Å². The van der Waals surface area contributed by atoms with E-state index in [0.29, 0.717) is 0 Å². The molecule has 0 atom stereocenters. The summed E-state index contributed by atoms with van der Waals surface area (Å²) in [5.41, 5.74) is 1.95. The van der Waals surface area contributed by atoms with Gasteiger partial charge in [-0.2, -0.15) is 0 Å². The van der Waals surface area contributed by atoms with Gasteiger partial charge in [-0.1, -0.05) is 0 Å². The van der Waals surface area contributed by atoms with Gasteiger partial charge in [-0.05, 0) is 0 Å². The summed E-state index contributed by atoms with van der Waals surface area (Å²) in [5.74, 6) is 0. The Bertz CT molecular complexity index is 82.2. The first-order chi connectivity index (χ1) is 3.43. The van der Waals surface area contributed by atoms with Crippen LogP contribution in [0.5, 0.6) is 0 Å². The second-order valence-corrected chi connectivity index (χ2v) is 1.32. The molecular formula is C3H7N3O. The molecule has 0 aromatic carbocycles. The fraction of sp³-hybridized carbons (Fsp3) is 0.667. The van der Waals surface area contributed by atoms with Gasteiger partial charge in [0.25, 0.3) is 0 Å². The van der Waals surface area contributed by atoms with Gasteiger partial charge < -0.3 is 0 Å². The third-order valence-corrected chi connectivity index (χ3v) is 0.819. The zero-order valence-corrected chi connectivity index (χ0v) is 3.83. The van der Waals surface area contributed by atoms with Gasteiger partial charge in [-0.25, -0.2) is 0 Å². The lowest BCUT2D eigenvalue weighted by Crippen LogP contribution is -2.32. The summed E-state index contributed by atoms with van der Waals surface area (Å²) in [5, 5.41) is 9.65. The van der Waals surface area contributed by atoms with Crippen molar-refractivity contribution in [3.63, 3.8) is 0 Å². The minimum atomic E-state index is 0.760. The summed E-state index contributed by atoms with van der Waals surface area (Å²) in [6.07, 6.45) is 1.56. The van der Waals surface area contributed by atoms with Gasteiger partial charge in [-0.15, -0.1) is 5.59 Å². The number of hydrogen-bond donors (Lipinski definition) is 2. The molecule has 7 heavy (non-hydrogen) atoms. The topological polar surface area (TPSA) is 47.9 Å². The SMILES string of the molecule is ONN1C=NCC1. The monoisotopic (exact) mass is 101 g/mol. The molecule has 4 heteroatoms. The molecule has 0 saturated heterocycles. The maximum absolute atomic E-state index is 8.15. The molecule has 40 valence electrons. The Labute approximate surface area is 41.4 Å². The van der Waals surface area contributed by atoms with Crippen LogP contribution in [0.1, 0.15) is 0 Å². The fourth-order valence-electron chi connectivity index (χ4n) is 0.455. The molecule has 0 amide bonds. The quantitative estimate of drug-likeness (QED) is 0.426. The van der Waals surface area contributed by atoms with Crippen LogP contribution in [0.15, 0.2) is 4.99 Å². The third-order valence-electron chi connectivity index (χ3n) is 0.819. The third kappa shape index (κ3) is 0.880. The largest absolute Gasteiger partial charge is 0.297 e. The van der Waals surface area contributed by atoms with Gasteiger partial charge in [0, 0.05) is 0 Å². The van der Waals surface area contributed by atoms with Crippen molar-refractivity contribution in [2.24, 2.45) is 4.99 Å². The Kier molecular flexibility index (Phi) is 1.24. The fourth-order valence-corrected chi connectivity index (χ4v) is 0.455. The first kappa shape index (κ1) is 4.55. The predicted octanol–water partition coefficient (Wildman–Crippen LogP) is -0.776. The molecule has 0 aromatic heterocycles. The molecule has 0 aliphatic carbocycles. The Balaban J connectivity index is 2.28. The van der Waals surface area contributed by atoms with E-state index in [1.807, 2.05) is 5.59 Å². The van der Waals surface area contributed by atoms with Crippen molar-refractivity contribution in [3.05, 3.63) is 0 Å². The van der Waals surface area contributed by atoms with E-state index in [9.17, 15) is 0 Å². The van der Waals surface area contributed by atoms with Crippen molar-refractivity contribution in [1.82, 2.24) is 10.6 Å². The number of hydrazine groups is 1. The van der Waals surface area contributed by atoms with Crippen LogP contribution in [0.4, 0.5) is 0 Å². The van der Waals surface area contributed by atoms with E-state index in [4.69, 9.17) is 5.21 Å². The van der Waals surface area contributed by atoms with Crippen LogP contribution in [-0.2, 0) is 0 Å². The number of hydrogen-bond acceptors (Lipinski definition) is 4. The molecule has 0 unspecified atom stereocenters. The van der Waals surface area contributed by atoms with Gasteiger partial charge in [0.05, 0.1) is 13.1 Å². The molecule has 1 rings (SSSR count). The molecule has 0 spiro atoms. The molecule has 0 saturated carbocycles. The first-order valence-corrected chi connectivity index (χ1v) is 2.10. The molecule has 1 heterocycles. The predicted molar refractivity (Wildman–Crippen MR) is 25.0 cm³/mol. The Morgan fingerprint density at radius 3 is 3.00 bits per heavy atom. The van der Waals surface area contributed by atoms with Crippen molar-refractivity contribution in [3.8, 4) is 0 Å². The lowest BCUT2D eigenvalue weighted by molar-refractivity contribution is 0.0415. The van der Waals surface area contributed by atoms with Crippen LogP contribution in [0.3, 0.4) is 0 Å². The van der Waals surface area contributed by atoms with E-state index in [1.165, 1.54) is 5.01 Å². The lowest BCUT2D eigenvalue weighted by atomic mass is 10.7. The van der Waals surface area contributed by atoms with Crippen molar-refractivity contribution < 1.29 is 5.21 Å². The van der Waals surface area contributed by atoms with Crippen molar-refractivity contribution in [1.29, 1.82) is 0 Å². The van der Waals surface area contributed by atoms with Crippen molar-refractivity contribution >= 4 is 6.34 Å². The molecule has 1 aliphatic heterocycles. The summed E-state index contributed by atoms with van der Waals surface area (Å²) < 4.78 is 0. The normalized spacial score (nSPS) is 18.7. The van der Waals surface area contributed by atoms with Crippen LogP contribution in [0.2, 0.25) is 0 Å². The second kappa shape index (κ2) is 1.90. The molecule has 0 aromatic rings. The summed E-state index contributed by atoms with van der Waals surface area (Å²) in [6, 6.07) is 0. The van der Waals surface area contributed by atoms with E-state index < -0.39 is 0 Å². The molecule has 2 N–H and O–H groups in total. The van der Waals surface area contributed by atoms with Crippen molar-refractivity contribution in [2.45, 2.75) is 0 Å². The maximum Gasteiger partial charge on any atom is 0.101 e. The highest BCUT2D eigenvalue weighted by atomic mass is 16.5. The minimum absolute atomic E-state index is 0.760. The highest BCUT2D eigenvalue weighted by Crippen LogP contribution is 1.84. The van der Waals surface area contributed by atoms with Crippen LogP contribution >= 0.6 is 0 Å². The van der Waals surface area contributed by atoms with E-state index in [1.54, 1.807) is 6.34 Å². The minimum Gasteiger partial charge on any atom is -0.297 e. The summed E-state index contributed by atoms with van der Waals surface area (Å²) >= 11 is 0. The zero-order valence-electron chi connectivity index (χ0n) is 3.83. The van der Waals surface area contributed by atoms with Crippen LogP contribution in [-0.4, -0.2) is 29.6 Å². The molecule has 1 aliphatic rings. The highest BCUT2D eigenvalue weighted by Gasteiger charge is 1.99. The Morgan fingerprint density at radius 1 is 1.86 bits per heavy atom. The molecule has 0 fully saturated rings. The van der Waals surface area contributed by atoms with E-state index >= 15 is 0 Å². The summed E-state index contributed by atoms with van der Waals surface area (Å²) in [4.78, 5) is 3.81. The maximum atomic E-state index is 8.15. The zero-order chi connectivity index (χ0) is 5.11. The number of aliphatic imine (C=N–C) groups is 1. The van der Waals surface area contributed by atoms with Gasteiger partial charge >= 0.3 is 0 Å². The van der Waals surface area contributed by atoms with Gasteiger partial charge in [0.2, 0.25) is 0 Å². The van der Waals surface area contributed by atoms with E-state index in [2.05, 4.69) is 4.99 Å². The smallest absolute Gasteiger partial charge is 0.101 e. The standard InChI is InChI=1S/C3H7N3O/c7-5-6-2-1-4-3-6/h3,5,7H,1-2H2.